The molecule has 0 fully saturated rings. The Morgan fingerprint density at radius 2 is 2.17 bits per heavy atom. The molecule has 3 nitrogen and oxygen atoms in total. The van der Waals surface area contributed by atoms with Crippen LogP contribution < -0.4 is 0 Å². The molecule has 0 aromatic heterocycles. The molecular formula is C15H21NO2. The Balaban J connectivity index is 2.62. The van der Waals surface area contributed by atoms with Crippen molar-refractivity contribution in [3.8, 4) is 11.8 Å². The summed E-state index contributed by atoms with van der Waals surface area (Å²) in [5.41, 5.74) is 2.14. The number of hydrogen-bond donors (Lipinski definition) is 2. The topological polar surface area (TPSA) is 43.7 Å². The minimum absolute atomic E-state index is 0.101. The quantitative estimate of drug-likeness (QED) is 0.769. The first kappa shape index (κ1) is 14.7. The van der Waals surface area contributed by atoms with E-state index >= 15 is 0 Å². The third-order valence-electron chi connectivity index (χ3n) is 2.42. The van der Waals surface area contributed by atoms with Gasteiger partial charge in [-0.15, -0.1) is 0 Å². The highest BCUT2D eigenvalue weighted by molar-refractivity contribution is 5.37. The second-order valence-electron chi connectivity index (χ2n) is 4.52. The van der Waals surface area contributed by atoms with E-state index in [0.717, 1.165) is 12.1 Å². The average molecular weight is 247 g/mol. The van der Waals surface area contributed by atoms with E-state index in [0.29, 0.717) is 13.0 Å². The van der Waals surface area contributed by atoms with E-state index in [1.54, 1.807) is 6.92 Å². The average Bonchev–Trinajstić information content (AvgIpc) is 2.28. The van der Waals surface area contributed by atoms with Crippen LogP contribution in [0.2, 0.25) is 0 Å². The lowest BCUT2D eigenvalue weighted by molar-refractivity contribution is 0.138. The standard InChI is InChI=1S/C15H21NO2/c1-13(18)11-16(2)12-15-8-5-7-14(10-15)6-3-4-9-17/h5,7-8,10,13,17-18H,4,9,11-12H2,1-2H3. The van der Waals surface area contributed by atoms with Crippen LogP contribution in [0.4, 0.5) is 0 Å². The Morgan fingerprint density at radius 1 is 1.39 bits per heavy atom. The summed E-state index contributed by atoms with van der Waals surface area (Å²) in [6.07, 6.45) is 0.189. The van der Waals surface area contributed by atoms with E-state index < -0.39 is 0 Å². The van der Waals surface area contributed by atoms with Crippen molar-refractivity contribution in [2.24, 2.45) is 0 Å². The fourth-order valence-corrected chi connectivity index (χ4v) is 1.80. The number of nitrogens with zero attached hydrogens (tertiary/aromatic N) is 1. The molecule has 1 atom stereocenters. The zero-order chi connectivity index (χ0) is 13.4. The highest BCUT2D eigenvalue weighted by Crippen LogP contribution is 2.07. The summed E-state index contributed by atoms with van der Waals surface area (Å²) >= 11 is 0. The molecular weight excluding hydrogens is 226 g/mol. The normalized spacial score (nSPS) is 12.1. The third kappa shape index (κ3) is 5.83. The molecule has 1 aromatic carbocycles. The lowest BCUT2D eigenvalue weighted by Gasteiger charge is -2.18. The first-order valence-electron chi connectivity index (χ1n) is 6.17. The highest BCUT2D eigenvalue weighted by atomic mass is 16.3. The summed E-state index contributed by atoms with van der Waals surface area (Å²) in [7, 11) is 1.98. The molecule has 0 spiro atoms. The lowest BCUT2D eigenvalue weighted by Crippen LogP contribution is -2.26. The van der Waals surface area contributed by atoms with Crippen molar-refractivity contribution in [1.82, 2.24) is 4.90 Å². The van der Waals surface area contributed by atoms with Gasteiger partial charge in [0.2, 0.25) is 0 Å². The van der Waals surface area contributed by atoms with Crippen molar-refractivity contribution in [2.45, 2.75) is 26.0 Å². The Morgan fingerprint density at radius 3 is 2.83 bits per heavy atom. The van der Waals surface area contributed by atoms with Crippen LogP contribution in [0.3, 0.4) is 0 Å². The number of aliphatic hydroxyl groups excluding tert-OH is 2. The van der Waals surface area contributed by atoms with Crippen LogP contribution in [-0.2, 0) is 6.54 Å². The zero-order valence-electron chi connectivity index (χ0n) is 11.1. The van der Waals surface area contributed by atoms with Gasteiger partial charge in [0.15, 0.2) is 0 Å². The first-order chi connectivity index (χ1) is 8.61. The minimum atomic E-state index is -0.317. The van der Waals surface area contributed by atoms with Gasteiger partial charge in [-0.25, -0.2) is 0 Å². The largest absolute Gasteiger partial charge is 0.395 e. The van der Waals surface area contributed by atoms with Gasteiger partial charge in [-0.2, -0.15) is 0 Å². The number of hydrogen-bond acceptors (Lipinski definition) is 3. The van der Waals surface area contributed by atoms with E-state index in [-0.39, 0.29) is 12.7 Å². The van der Waals surface area contributed by atoms with Crippen LogP contribution in [0.1, 0.15) is 24.5 Å². The molecule has 0 radical (unpaired) electrons. The van der Waals surface area contributed by atoms with Gasteiger partial charge in [-0.3, -0.25) is 4.90 Å². The predicted octanol–water partition coefficient (Wildman–Crippen LogP) is 1.23. The van der Waals surface area contributed by atoms with Gasteiger partial charge in [-0.05, 0) is 31.7 Å². The summed E-state index contributed by atoms with van der Waals surface area (Å²) in [6.45, 7) is 3.33. The second kappa shape index (κ2) is 7.88. The Hall–Kier alpha value is -1.34. The fraction of sp³-hybridized carbons (Fsp3) is 0.467. The number of aliphatic hydroxyl groups is 2. The SMILES string of the molecule is CC(O)CN(C)Cc1cccc(C#CCCO)c1. The molecule has 0 aliphatic rings. The Kier molecular flexibility index (Phi) is 6.45. The summed E-state index contributed by atoms with van der Waals surface area (Å²) in [5, 5.41) is 18.0. The van der Waals surface area contributed by atoms with Crippen molar-refractivity contribution in [1.29, 1.82) is 0 Å². The van der Waals surface area contributed by atoms with Crippen molar-refractivity contribution in [3.05, 3.63) is 35.4 Å². The van der Waals surface area contributed by atoms with Crippen LogP contribution in [0.25, 0.3) is 0 Å². The summed E-state index contributed by atoms with van der Waals surface area (Å²) < 4.78 is 0. The monoisotopic (exact) mass is 247 g/mol. The Bertz CT molecular complexity index is 418. The van der Waals surface area contributed by atoms with Crippen molar-refractivity contribution < 1.29 is 10.2 Å². The molecule has 2 N–H and O–H groups in total. The Labute approximate surface area is 109 Å². The predicted molar refractivity (Wildman–Crippen MR) is 73.0 cm³/mol. The van der Waals surface area contributed by atoms with Crippen LogP contribution >= 0.6 is 0 Å². The molecule has 1 unspecified atom stereocenters. The van der Waals surface area contributed by atoms with E-state index in [1.807, 2.05) is 25.2 Å². The van der Waals surface area contributed by atoms with Gasteiger partial charge in [0, 0.05) is 25.1 Å². The van der Waals surface area contributed by atoms with E-state index in [2.05, 4.69) is 22.8 Å². The number of likely N-dealkylation sites (N-methyl/N-ethyl adjacent to an activating group) is 1. The highest BCUT2D eigenvalue weighted by Gasteiger charge is 2.03. The molecule has 18 heavy (non-hydrogen) atoms. The summed E-state index contributed by atoms with van der Waals surface area (Å²) in [4.78, 5) is 2.07. The second-order valence-corrected chi connectivity index (χ2v) is 4.52. The van der Waals surface area contributed by atoms with Crippen LogP contribution in [0, 0.1) is 11.8 Å². The summed E-state index contributed by atoms with van der Waals surface area (Å²) in [5.74, 6) is 5.93. The molecule has 3 heteroatoms. The fourth-order valence-electron chi connectivity index (χ4n) is 1.80. The number of rotatable bonds is 5. The van der Waals surface area contributed by atoms with Crippen LogP contribution in [-0.4, -0.2) is 41.4 Å². The molecule has 0 heterocycles. The third-order valence-corrected chi connectivity index (χ3v) is 2.42. The van der Waals surface area contributed by atoms with E-state index in [9.17, 15) is 5.11 Å². The van der Waals surface area contributed by atoms with Crippen molar-refractivity contribution in [3.63, 3.8) is 0 Å². The maximum Gasteiger partial charge on any atom is 0.0639 e. The maximum absolute atomic E-state index is 9.31. The van der Waals surface area contributed by atoms with Crippen LogP contribution in [0.15, 0.2) is 24.3 Å². The molecule has 1 aromatic rings. The van der Waals surface area contributed by atoms with Gasteiger partial charge in [0.1, 0.15) is 0 Å². The van der Waals surface area contributed by atoms with Gasteiger partial charge < -0.3 is 10.2 Å². The van der Waals surface area contributed by atoms with Crippen molar-refractivity contribution in [2.75, 3.05) is 20.2 Å². The van der Waals surface area contributed by atoms with Gasteiger partial charge in [-0.1, -0.05) is 24.0 Å². The molecule has 0 aliphatic heterocycles. The molecule has 0 saturated heterocycles. The molecule has 0 amide bonds. The molecule has 0 aliphatic carbocycles. The van der Waals surface area contributed by atoms with Crippen molar-refractivity contribution >= 4 is 0 Å². The van der Waals surface area contributed by atoms with Gasteiger partial charge >= 0.3 is 0 Å². The van der Waals surface area contributed by atoms with E-state index in [4.69, 9.17) is 5.11 Å². The minimum Gasteiger partial charge on any atom is -0.395 e. The van der Waals surface area contributed by atoms with Crippen LogP contribution in [0.5, 0.6) is 0 Å². The number of benzene rings is 1. The molecule has 98 valence electrons. The van der Waals surface area contributed by atoms with Gasteiger partial charge in [0.05, 0.1) is 12.7 Å². The van der Waals surface area contributed by atoms with Gasteiger partial charge in [0.25, 0.3) is 0 Å². The van der Waals surface area contributed by atoms with E-state index in [1.165, 1.54) is 5.56 Å². The zero-order valence-corrected chi connectivity index (χ0v) is 11.1. The molecule has 0 bridgehead atoms. The smallest absolute Gasteiger partial charge is 0.0639 e. The molecule has 1 rings (SSSR count). The lowest BCUT2D eigenvalue weighted by atomic mass is 10.1. The maximum atomic E-state index is 9.31. The first-order valence-corrected chi connectivity index (χ1v) is 6.17. The molecule has 0 saturated carbocycles. The summed E-state index contributed by atoms with van der Waals surface area (Å²) in [6, 6.07) is 8.04.